The summed E-state index contributed by atoms with van der Waals surface area (Å²) in [7, 11) is 0. The second-order valence-corrected chi connectivity index (χ2v) is 4.62. The molecule has 1 amide bonds. The van der Waals surface area contributed by atoms with Gasteiger partial charge in [-0.3, -0.25) is 4.79 Å². The van der Waals surface area contributed by atoms with Crippen molar-refractivity contribution in [2.75, 3.05) is 13.1 Å². The molecule has 17 heavy (non-hydrogen) atoms. The number of amides is 1. The van der Waals surface area contributed by atoms with Gasteiger partial charge in [-0.2, -0.15) is 0 Å². The number of phenolic OH excluding ortho intramolecular Hbond substituents is 1. The number of hydrogen-bond acceptors (Lipinski definition) is 3. The van der Waals surface area contributed by atoms with Crippen molar-refractivity contribution in [1.82, 2.24) is 10.2 Å². The van der Waals surface area contributed by atoms with E-state index in [1.807, 2.05) is 18.7 Å². The quantitative estimate of drug-likeness (QED) is 0.768. The van der Waals surface area contributed by atoms with E-state index >= 15 is 0 Å². The topological polar surface area (TPSA) is 52.6 Å². The van der Waals surface area contributed by atoms with Gasteiger partial charge in [-0.05, 0) is 32.0 Å². The molecule has 0 spiro atoms. The summed E-state index contributed by atoms with van der Waals surface area (Å²) in [6.07, 6.45) is 0. The van der Waals surface area contributed by atoms with Crippen LogP contribution in [0.3, 0.4) is 0 Å². The molecule has 92 valence electrons. The van der Waals surface area contributed by atoms with Crippen LogP contribution in [-0.4, -0.2) is 41.1 Å². The summed E-state index contributed by atoms with van der Waals surface area (Å²) < 4.78 is 0. The molecule has 0 saturated carbocycles. The summed E-state index contributed by atoms with van der Waals surface area (Å²) in [5, 5.41) is 12.7. The Labute approximate surface area is 101 Å². The van der Waals surface area contributed by atoms with Crippen molar-refractivity contribution in [1.29, 1.82) is 0 Å². The number of nitrogens with one attached hydrogen (secondary N) is 1. The first-order valence-corrected chi connectivity index (χ1v) is 5.92. The lowest BCUT2D eigenvalue weighted by molar-refractivity contribution is 0.0544. The van der Waals surface area contributed by atoms with E-state index in [0.717, 1.165) is 13.1 Å². The molecule has 1 fully saturated rings. The van der Waals surface area contributed by atoms with Gasteiger partial charge in [0.2, 0.25) is 0 Å². The maximum absolute atomic E-state index is 12.4. The van der Waals surface area contributed by atoms with Gasteiger partial charge in [0.25, 0.3) is 5.91 Å². The highest BCUT2D eigenvalue weighted by Gasteiger charge is 2.29. The molecule has 4 nitrogen and oxygen atoms in total. The lowest BCUT2D eigenvalue weighted by atomic mass is 10.1. The minimum atomic E-state index is -0.0117. The van der Waals surface area contributed by atoms with E-state index in [-0.39, 0.29) is 23.7 Å². The Morgan fingerprint density at radius 2 is 2.00 bits per heavy atom. The standard InChI is InChI=1S/C13H18N2O2/c1-9-7-14-8-10(2)15(9)13(17)11-4-3-5-12(16)6-11/h3-6,9-10,14,16H,7-8H2,1-2H3. The second-order valence-electron chi connectivity index (χ2n) is 4.62. The third-order valence-corrected chi connectivity index (χ3v) is 3.16. The van der Waals surface area contributed by atoms with E-state index in [0.29, 0.717) is 5.56 Å². The number of carbonyl (C=O) groups excluding carboxylic acids is 1. The van der Waals surface area contributed by atoms with Crippen LogP contribution < -0.4 is 5.32 Å². The zero-order valence-electron chi connectivity index (χ0n) is 10.2. The molecule has 1 aromatic rings. The maximum atomic E-state index is 12.4. The molecule has 1 aliphatic heterocycles. The first kappa shape index (κ1) is 11.9. The number of phenols is 1. The molecular weight excluding hydrogens is 216 g/mol. The SMILES string of the molecule is CC1CNCC(C)N1C(=O)c1cccc(O)c1. The minimum Gasteiger partial charge on any atom is -0.508 e. The molecule has 1 aromatic carbocycles. The van der Waals surface area contributed by atoms with Crippen molar-refractivity contribution in [3.05, 3.63) is 29.8 Å². The third kappa shape index (κ3) is 2.42. The van der Waals surface area contributed by atoms with Crippen LogP contribution in [0.4, 0.5) is 0 Å². The zero-order chi connectivity index (χ0) is 12.4. The molecular formula is C13H18N2O2. The van der Waals surface area contributed by atoms with E-state index in [1.165, 1.54) is 6.07 Å². The number of rotatable bonds is 1. The summed E-state index contributed by atoms with van der Waals surface area (Å²) in [6.45, 7) is 5.69. The van der Waals surface area contributed by atoms with Crippen molar-refractivity contribution in [3.8, 4) is 5.75 Å². The van der Waals surface area contributed by atoms with Crippen LogP contribution in [0, 0.1) is 0 Å². The Morgan fingerprint density at radius 1 is 1.35 bits per heavy atom. The number of hydrogen-bond donors (Lipinski definition) is 2. The number of piperazine rings is 1. The summed E-state index contributed by atoms with van der Waals surface area (Å²) in [4.78, 5) is 14.2. The lowest BCUT2D eigenvalue weighted by Gasteiger charge is -2.39. The van der Waals surface area contributed by atoms with E-state index in [9.17, 15) is 9.90 Å². The van der Waals surface area contributed by atoms with Crippen molar-refractivity contribution in [2.45, 2.75) is 25.9 Å². The average Bonchev–Trinajstić information content (AvgIpc) is 2.28. The number of benzene rings is 1. The Morgan fingerprint density at radius 3 is 2.59 bits per heavy atom. The molecule has 0 aliphatic carbocycles. The van der Waals surface area contributed by atoms with Crippen molar-refractivity contribution in [3.63, 3.8) is 0 Å². The highest BCUT2D eigenvalue weighted by molar-refractivity contribution is 5.95. The fraction of sp³-hybridized carbons (Fsp3) is 0.462. The summed E-state index contributed by atoms with van der Waals surface area (Å²) in [6, 6.07) is 6.87. The molecule has 0 bridgehead atoms. The third-order valence-electron chi connectivity index (χ3n) is 3.16. The predicted octanol–water partition coefficient (Wildman–Crippen LogP) is 1.21. The molecule has 0 radical (unpaired) electrons. The molecule has 1 saturated heterocycles. The zero-order valence-corrected chi connectivity index (χ0v) is 10.2. The van der Waals surface area contributed by atoms with Gasteiger partial charge in [0, 0.05) is 30.7 Å². The molecule has 2 atom stereocenters. The largest absolute Gasteiger partial charge is 0.508 e. The van der Waals surface area contributed by atoms with Gasteiger partial charge in [-0.25, -0.2) is 0 Å². The van der Waals surface area contributed by atoms with Crippen LogP contribution in [0.1, 0.15) is 24.2 Å². The van der Waals surface area contributed by atoms with Crippen LogP contribution in [0.15, 0.2) is 24.3 Å². The first-order valence-electron chi connectivity index (χ1n) is 5.92. The highest BCUT2D eigenvalue weighted by Crippen LogP contribution is 2.17. The van der Waals surface area contributed by atoms with Crippen LogP contribution in [-0.2, 0) is 0 Å². The van der Waals surface area contributed by atoms with Gasteiger partial charge in [-0.15, -0.1) is 0 Å². The van der Waals surface area contributed by atoms with Gasteiger partial charge < -0.3 is 15.3 Å². The van der Waals surface area contributed by atoms with Gasteiger partial charge in [0.05, 0.1) is 0 Å². The average molecular weight is 234 g/mol. The summed E-state index contributed by atoms with van der Waals surface area (Å²) in [5.74, 6) is 0.119. The monoisotopic (exact) mass is 234 g/mol. The van der Waals surface area contributed by atoms with Crippen molar-refractivity contribution >= 4 is 5.91 Å². The molecule has 4 heteroatoms. The normalized spacial score (nSPS) is 24.7. The lowest BCUT2D eigenvalue weighted by Crippen LogP contribution is -2.57. The van der Waals surface area contributed by atoms with Crippen LogP contribution in [0.5, 0.6) is 5.75 Å². The van der Waals surface area contributed by atoms with Crippen LogP contribution >= 0.6 is 0 Å². The van der Waals surface area contributed by atoms with Gasteiger partial charge in [0.15, 0.2) is 0 Å². The Balaban J connectivity index is 2.24. The minimum absolute atomic E-state index is 0.0117. The van der Waals surface area contributed by atoms with E-state index < -0.39 is 0 Å². The highest BCUT2D eigenvalue weighted by atomic mass is 16.3. The predicted molar refractivity (Wildman–Crippen MR) is 66.1 cm³/mol. The molecule has 1 aliphatic rings. The number of carbonyl (C=O) groups is 1. The van der Waals surface area contributed by atoms with Crippen LogP contribution in [0.2, 0.25) is 0 Å². The molecule has 2 unspecified atom stereocenters. The summed E-state index contributed by atoms with van der Waals surface area (Å²) >= 11 is 0. The van der Waals surface area contributed by atoms with E-state index in [1.54, 1.807) is 18.2 Å². The Hall–Kier alpha value is -1.55. The fourth-order valence-electron chi connectivity index (χ4n) is 2.32. The summed E-state index contributed by atoms with van der Waals surface area (Å²) in [5.41, 5.74) is 0.547. The Bertz CT molecular complexity index is 410. The van der Waals surface area contributed by atoms with Gasteiger partial charge in [-0.1, -0.05) is 6.07 Å². The number of aromatic hydroxyl groups is 1. The second kappa shape index (κ2) is 4.75. The maximum Gasteiger partial charge on any atom is 0.254 e. The van der Waals surface area contributed by atoms with Crippen molar-refractivity contribution < 1.29 is 9.90 Å². The Kier molecular flexibility index (Phi) is 3.33. The van der Waals surface area contributed by atoms with E-state index in [4.69, 9.17) is 0 Å². The molecule has 1 heterocycles. The smallest absolute Gasteiger partial charge is 0.254 e. The number of nitrogens with zero attached hydrogens (tertiary/aromatic N) is 1. The first-order chi connectivity index (χ1) is 8.09. The molecule has 0 aromatic heterocycles. The van der Waals surface area contributed by atoms with E-state index in [2.05, 4.69) is 5.32 Å². The van der Waals surface area contributed by atoms with Crippen molar-refractivity contribution in [2.24, 2.45) is 0 Å². The van der Waals surface area contributed by atoms with Crippen LogP contribution in [0.25, 0.3) is 0 Å². The fourth-order valence-corrected chi connectivity index (χ4v) is 2.32. The molecule has 2 N–H and O–H groups in total. The molecule has 2 rings (SSSR count). The van der Waals surface area contributed by atoms with Gasteiger partial charge in [0.1, 0.15) is 5.75 Å². The van der Waals surface area contributed by atoms with Gasteiger partial charge >= 0.3 is 0 Å².